The Morgan fingerprint density at radius 3 is 2.58 bits per heavy atom. The van der Waals surface area contributed by atoms with Gasteiger partial charge in [0, 0.05) is 23.4 Å². The number of aryl methyl sites for hydroxylation is 4. The number of anilines is 1. The smallest absolute Gasteiger partial charge is 0.169 e. The second kappa shape index (κ2) is 10.9. The third-order valence-electron chi connectivity index (χ3n) is 7.87. The first-order chi connectivity index (χ1) is 19.4. The maximum atomic E-state index is 6.36. The van der Waals surface area contributed by atoms with Crippen LogP contribution in [0, 0.1) is 13.8 Å². The SMILES string of the molecule is Cc1ccc(C)c(OCc2nn3c(C(=S)Nc4ccccc4C(C)C)c(-c4ccccc4)c4c3n2CCCC4)c1. The van der Waals surface area contributed by atoms with Gasteiger partial charge in [-0.15, -0.1) is 5.10 Å². The van der Waals surface area contributed by atoms with Gasteiger partial charge in [-0.2, -0.15) is 0 Å². The van der Waals surface area contributed by atoms with Gasteiger partial charge in [-0.25, -0.2) is 4.52 Å². The average Bonchev–Trinajstić information content (AvgIpc) is 3.36. The lowest BCUT2D eigenvalue weighted by atomic mass is 9.97. The molecule has 204 valence electrons. The van der Waals surface area contributed by atoms with Crippen LogP contribution in [0.1, 0.15) is 66.4 Å². The minimum atomic E-state index is 0.377. The van der Waals surface area contributed by atoms with E-state index >= 15 is 0 Å². The van der Waals surface area contributed by atoms with E-state index in [-0.39, 0.29) is 0 Å². The lowest BCUT2D eigenvalue weighted by Gasteiger charge is -2.16. The van der Waals surface area contributed by atoms with Crippen LogP contribution in [0.15, 0.2) is 72.8 Å². The summed E-state index contributed by atoms with van der Waals surface area (Å²) in [4.78, 5) is 0.681. The Morgan fingerprint density at radius 2 is 1.77 bits per heavy atom. The molecule has 0 saturated heterocycles. The fraction of sp³-hybridized carbons (Fsp3) is 0.294. The average molecular weight is 549 g/mol. The van der Waals surface area contributed by atoms with E-state index in [9.17, 15) is 0 Å². The largest absolute Gasteiger partial charge is 0.485 e. The van der Waals surface area contributed by atoms with Crippen LogP contribution in [0.5, 0.6) is 5.75 Å². The third-order valence-corrected chi connectivity index (χ3v) is 8.17. The molecule has 40 heavy (non-hydrogen) atoms. The lowest BCUT2D eigenvalue weighted by molar-refractivity contribution is 0.286. The van der Waals surface area contributed by atoms with Crippen LogP contribution in [0.3, 0.4) is 0 Å². The molecule has 0 aliphatic carbocycles. The van der Waals surface area contributed by atoms with Crippen LogP contribution in [-0.4, -0.2) is 19.2 Å². The summed E-state index contributed by atoms with van der Waals surface area (Å²) < 4.78 is 10.8. The van der Waals surface area contributed by atoms with Crippen molar-refractivity contribution < 1.29 is 4.74 Å². The highest BCUT2D eigenvalue weighted by Gasteiger charge is 2.29. The second-order valence-corrected chi connectivity index (χ2v) is 11.5. The highest BCUT2D eigenvalue weighted by atomic mass is 32.1. The summed E-state index contributed by atoms with van der Waals surface area (Å²) in [6.45, 7) is 9.92. The summed E-state index contributed by atoms with van der Waals surface area (Å²) in [5.74, 6) is 2.20. The van der Waals surface area contributed by atoms with E-state index in [0.29, 0.717) is 17.5 Å². The molecule has 3 aromatic carbocycles. The first-order valence-corrected chi connectivity index (χ1v) is 14.6. The Bertz CT molecular complexity index is 1700. The van der Waals surface area contributed by atoms with Gasteiger partial charge in [0.25, 0.3) is 0 Å². The van der Waals surface area contributed by atoms with Crippen LogP contribution in [0.4, 0.5) is 5.69 Å². The number of aromatic nitrogens is 3. The van der Waals surface area contributed by atoms with Crippen LogP contribution >= 0.6 is 12.2 Å². The quantitative estimate of drug-likeness (QED) is 0.208. The van der Waals surface area contributed by atoms with E-state index in [4.69, 9.17) is 22.1 Å². The molecule has 1 N–H and O–H groups in total. The van der Waals surface area contributed by atoms with Crippen molar-refractivity contribution in [3.63, 3.8) is 0 Å². The maximum absolute atomic E-state index is 6.36. The molecule has 0 amide bonds. The van der Waals surface area contributed by atoms with Crippen molar-refractivity contribution >= 4 is 28.5 Å². The molecular formula is C34H36N4OS. The molecule has 1 aliphatic heterocycles. The number of nitrogens with zero attached hydrogens (tertiary/aromatic N) is 3. The molecule has 0 unspecified atom stereocenters. The molecule has 0 saturated carbocycles. The van der Waals surface area contributed by atoms with Crippen LogP contribution in [0.2, 0.25) is 0 Å². The molecule has 0 atom stereocenters. The molecule has 2 aromatic heterocycles. The molecule has 5 aromatic rings. The standard InChI is InChI=1S/C34H36N4OS/c1-22(2)26-14-8-9-16-28(26)35-33(40)32-31(25-12-6-5-7-13-25)27-15-10-11-19-37-30(36-38(32)34(27)37)21-39-29-20-23(3)17-18-24(29)4/h5-9,12-14,16-18,20,22H,10-11,15,19,21H2,1-4H3,(H,35,40). The number of benzene rings is 3. The van der Waals surface area contributed by atoms with Gasteiger partial charge in [0.05, 0.1) is 0 Å². The molecule has 0 fully saturated rings. The van der Waals surface area contributed by atoms with Crippen molar-refractivity contribution in [3.05, 3.63) is 107 Å². The zero-order chi connectivity index (χ0) is 27.8. The summed E-state index contributed by atoms with van der Waals surface area (Å²) in [5, 5.41) is 8.80. The van der Waals surface area contributed by atoms with Crippen molar-refractivity contribution in [2.75, 3.05) is 5.32 Å². The minimum absolute atomic E-state index is 0.377. The van der Waals surface area contributed by atoms with Gasteiger partial charge >= 0.3 is 0 Å². The Kier molecular flexibility index (Phi) is 7.20. The molecule has 3 heterocycles. The molecule has 6 heteroatoms. The molecule has 0 bridgehead atoms. The van der Waals surface area contributed by atoms with Crippen LogP contribution in [0.25, 0.3) is 16.8 Å². The first kappa shape index (κ1) is 26.3. The number of hydrogen-bond donors (Lipinski definition) is 1. The summed E-state index contributed by atoms with van der Waals surface area (Å²) in [6, 6.07) is 25.4. The molecule has 6 rings (SSSR count). The number of nitrogens with one attached hydrogen (secondary N) is 1. The Hall–Kier alpha value is -3.90. The summed E-state index contributed by atoms with van der Waals surface area (Å²) >= 11 is 6.19. The maximum Gasteiger partial charge on any atom is 0.169 e. The van der Waals surface area contributed by atoms with E-state index in [0.717, 1.165) is 60.0 Å². The Labute approximate surface area is 241 Å². The lowest BCUT2D eigenvalue weighted by Crippen LogP contribution is -2.16. The topological polar surface area (TPSA) is 43.5 Å². The van der Waals surface area contributed by atoms with E-state index in [1.165, 1.54) is 27.8 Å². The van der Waals surface area contributed by atoms with Gasteiger partial charge < -0.3 is 14.6 Å². The summed E-state index contributed by atoms with van der Waals surface area (Å²) in [7, 11) is 0. The molecule has 5 nitrogen and oxygen atoms in total. The van der Waals surface area contributed by atoms with Crippen molar-refractivity contribution in [3.8, 4) is 16.9 Å². The number of para-hydroxylation sites is 1. The normalized spacial score (nSPS) is 13.0. The van der Waals surface area contributed by atoms with Gasteiger partial charge in [-0.05, 0) is 73.4 Å². The first-order valence-electron chi connectivity index (χ1n) is 14.2. The Morgan fingerprint density at radius 1 is 1.00 bits per heavy atom. The predicted octanol–water partition coefficient (Wildman–Crippen LogP) is 8.25. The van der Waals surface area contributed by atoms with Gasteiger partial charge in [0.2, 0.25) is 0 Å². The van der Waals surface area contributed by atoms with E-state index in [1.807, 2.05) is 0 Å². The number of hydrogen-bond acceptors (Lipinski definition) is 3. The monoisotopic (exact) mass is 548 g/mol. The van der Waals surface area contributed by atoms with E-state index in [2.05, 4.69) is 115 Å². The van der Waals surface area contributed by atoms with Crippen molar-refractivity contribution in [2.45, 2.75) is 66.0 Å². The fourth-order valence-corrected chi connectivity index (χ4v) is 6.14. The van der Waals surface area contributed by atoms with E-state index in [1.54, 1.807) is 0 Å². The van der Waals surface area contributed by atoms with E-state index < -0.39 is 0 Å². The summed E-state index contributed by atoms with van der Waals surface area (Å²) in [5.41, 5.74) is 10.3. The zero-order valence-corrected chi connectivity index (χ0v) is 24.5. The minimum Gasteiger partial charge on any atom is -0.485 e. The van der Waals surface area contributed by atoms with Gasteiger partial charge in [0.15, 0.2) is 5.82 Å². The predicted molar refractivity (Wildman–Crippen MR) is 168 cm³/mol. The third kappa shape index (κ3) is 4.81. The van der Waals surface area contributed by atoms with Crippen LogP contribution < -0.4 is 10.1 Å². The number of thiocarbonyl (C=S) groups is 1. The molecule has 0 spiro atoms. The van der Waals surface area contributed by atoms with Crippen molar-refractivity contribution in [2.24, 2.45) is 0 Å². The molecule has 0 radical (unpaired) electrons. The highest BCUT2D eigenvalue weighted by Crippen LogP contribution is 2.38. The molecule has 1 aliphatic rings. The summed E-state index contributed by atoms with van der Waals surface area (Å²) in [6.07, 6.45) is 3.21. The van der Waals surface area contributed by atoms with Crippen molar-refractivity contribution in [1.82, 2.24) is 14.2 Å². The van der Waals surface area contributed by atoms with Crippen LogP contribution in [-0.2, 0) is 19.6 Å². The zero-order valence-electron chi connectivity index (χ0n) is 23.7. The van der Waals surface area contributed by atoms with Gasteiger partial charge in [-0.3, -0.25) is 0 Å². The Balaban J connectivity index is 1.49. The highest BCUT2D eigenvalue weighted by molar-refractivity contribution is 7.81. The second-order valence-electron chi connectivity index (χ2n) is 11.1. The number of ether oxygens (including phenoxy) is 1. The van der Waals surface area contributed by atoms with Crippen molar-refractivity contribution in [1.29, 1.82) is 0 Å². The molecular weight excluding hydrogens is 512 g/mol. The van der Waals surface area contributed by atoms with Gasteiger partial charge in [-0.1, -0.05) is 86.7 Å². The fourth-order valence-electron chi connectivity index (χ4n) is 5.84. The number of rotatable bonds is 7. The van der Waals surface area contributed by atoms with Gasteiger partial charge in [0.1, 0.15) is 28.7 Å².